The average Bonchev–Trinajstić information content (AvgIpc) is 2.65. The van der Waals surface area contributed by atoms with Gasteiger partial charge in [-0.25, -0.2) is 4.98 Å². The van der Waals surface area contributed by atoms with E-state index in [1.807, 2.05) is 16.7 Å². The van der Waals surface area contributed by atoms with E-state index in [0.29, 0.717) is 5.15 Å². The van der Waals surface area contributed by atoms with Gasteiger partial charge < -0.3 is 4.57 Å². The Morgan fingerprint density at radius 2 is 2.36 bits per heavy atom. The Balaban J connectivity index is 2.33. The monoisotopic (exact) mass is 205 g/mol. The van der Waals surface area contributed by atoms with Crippen LogP contribution in [0.3, 0.4) is 0 Å². The smallest absolute Gasteiger partial charge is 0.147 e. The molecule has 2 nitrogen and oxygen atoms in total. The minimum absolute atomic E-state index is 0.504. The summed E-state index contributed by atoms with van der Waals surface area (Å²) in [5.74, 6) is 0. The molecule has 2 aromatic rings. The first-order valence-electron chi connectivity index (χ1n) is 4.50. The molecule has 0 atom stereocenters. The molecular weight excluding hydrogens is 196 g/mol. The van der Waals surface area contributed by atoms with Crippen LogP contribution in [0.15, 0.2) is 30.7 Å². The number of hydrogen-bond acceptors (Lipinski definition) is 1. The zero-order chi connectivity index (χ0) is 9.97. The summed E-state index contributed by atoms with van der Waals surface area (Å²) in [7, 11) is 0. The van der Waals surface area contributed by atoms with Crippen LogP contribution in [-0.4, -0.2) is 9.55 Å². The average molecular weight is 206 g/mol. The van der Waals surface area contributed by atoms with Crippen LogP contribution >= 0.6 is 11.6 Å². The number of nitrogens with zero attached hydrogens (tertiary/aromatic N) is 2. The van der Waals surface area contributed by atoms with Gasteiger partial charge in [0.2, 0.25) is 0 Å². The van der Waals surface area contributed by atoms with Gasteiger partial charge in [0, 0.05) is 11.9 Å². The van der Waals surface area contributed by atoms with Crippen molar-refractivity contribution in [3.05, 3.63) is 47.5 Å². The Labute approximate surface area is 88.2 Å². The van der Waals surface area contributed by atoms with Crippen molar-refractivity contribution in [1.29, 1.82) is 0 Å². The van der Waals surface area contributed by atoms with Gasteiger partial charge in [0.25, 0.3) is 0 Å². The predicted molar refractivity (Wildman–Crippen MR) is 56.8 cm³/mol. The molecule has 2 rings (SSSR count). The highest BCUT2D eigenvalue weighted by molar-refractivity contribution is 6.29. The molecule has 0 aliphatic heterocycles. The number of rotatable bonds is 2. The number of benzene rings is 1. The van der Waals surface area contributed by atoms with Crippen molar-refractivity contribution in [2.75, 3.05) is 0 Å². The van der Waals surface area contributed by atoms with E-state index in [9.17, 15) is 0 Å². The SMILES string of the molecule is CCc1[c]cc(-n2cnc(Cl)c2)cc1. The zero-order valence-corrected chi connectivity index (χ0v) is 8.62. The highest BCUT2D eigenvalue weighted by atomic mass is 35.5. The fraction of sp³-hybridized carbons (Fsp3) is 0.182. The molecule has 0 bridgehead atoms. The van der Waals surface area contributed by atoms with Crippen molar-refractivity contribution >= 4 is 11.6 Å². The number of aromatic nitrogens is 2. The fourth-order valence-corrected chi connectivity index (χ4v) is 1.42. The van der Waals surface area contributed by atoms with Crippen molar-refractivity contribution < 1.29 is 0 Å². The zero-order valence-electron chi connectivity index (χ0n) is 7.87. The molecule has 1 heterocycles. The van der Waals surface area contributed by atoms with Crippen molar-refractivity contribution in [3.63, 3.8) is 0 Å². The second-order valence-corrected chi connectivity index (χ2v) is 3.42. The first kappa shape index (κ1) is 9.28. The maximum absolute atomic E-state index is 5.73. The van der Waals surface area contributed by atoms with Crippen LogP contribution < -0.4 is 0 Å². The summed E-state index contributed by atoms with van der Waals surface area (Å²) in [6.45, 7) is 2.11. The molecule has 71 valence electrons. The van der Waals surface area contributed by atoms with Crippen LogP contribution in [0.4, 0.5) is 0 Å². The van der Waals surface area contributed by atoms with Crippen LogP contribution in [0.2, 0.25) is 5.15 Å². The van der Waals surface area contributed by atoms with Crippen LogP contribution in [0.25, 0.3) is 5.69 Å². The first-order chi connectivity index (χ1) is 6.79. The quantitative estimate of drug-likeness (QED) is 0.737. The molecule has 0 saturated carbocycles. The first-order valence-corrected chi connectivity index (χ1v) is 4.88. The third-order valence-corrected chi connectivity index (χ3v) is 2.29. The highest BCUT2D eigenvalue weighted by Gasteiger charge is 1.98. The molecule has 1 radical (unpaired) electrons. The molecule has 0 saturated heterocycles. The molecule has 0 aliphatic carbocycles. The third kappa shape index (κ3) is 1.80. The Morgan fingerprint density at radius 1 is 1.50 bits per heavy atom. The molecule has 1 aromatic carbocycles. The van der Waals surface area contributed by atoms with E-state index in [0.717, 1.165) is 12.1 Å². The van der Waals surface area contributed by atoms with Crippen LogP contribution in [0, 0.1) is 6.07 Å². The maximum atomic E-state index is 5.73. The molecule has 0 amide bonds. The number of imidazole rings is 1. The van der Waals surface area contributed by atoms with Gasteiger partial charge in [-0.2, -0.15) is 0 Å². The van der Waals surface area contributed by atoms with Gasteiger partial charge in [-0.1, -0.05) is 24.6 Å². The van der Waals surface area contributed by atoms with Gasteiger partial charge in [-0.3, -0.25) is 0 Å². The van der Waals surface area contributed by atoms with E-state index in [4.69, 9.17) is 11.6 Å². The number of hydrogen-bond donors (Lipinski definition) is 0. The van der Waals surface area contributed by atoms with Gasteiger partial charge in [0.05, 0.1) is 0 Å². The van der Waals surface area contributed by atoms with Crippen molar-refractivity contribution in [1.82, 2.24) is 9.55 Å². The van der Waals surface area contributed by atoms with Crippen molar-refractivity contribution in [2.45, 2.75) is 13.3 Å². The van der Waals surface area contributed by atoms with Crippen LogP contribution in [0.5, 0.6) is 0 Å². The molecule has 0 fully saturated rings. The Kier molecular flexibility index (Phi) is 2.55. The standard InChI is InChI=1S/C11H10ClN2/c1-2-9-3-5-10(6-4-9)14-7-11(12)13-8-14/h3,5-8H,2H2,1H3. The van der Waals surface area contributed by atoms with Crippen molar-refractivity contribution in [2.24, 2.45) is 0 Å². The molecule has 14 heavy (non-hydrogen) atoms. The van der Waals surface area contributed by atoms with Crippen LogP contribution in [0.1, 0.15) is 12.5 Å². The lowest BCUT2D eigenvalue weighted by Gasteiger charge is -2.01. The fourth-order valence-electron chi connectivity index (χ4n) is 1.27. The van der Waals surface area contributed by atoms with Gasteiger partial charge in [0.15, 0.2) is 0 Å². The van der Waals surface area contributed by atoms with Gasteiger partial charge in [-0.05, 0) is 30.2 Å². The van der Waals surface area contributed by atoms with E-state index >= 15 is 0 Å². The summed E-state index contributed by atoms with van der Waals surface area (Å²) in [6, 6.07) is 9.24. The van der Waals surface area contributed by atoms with E-state index in [1.165, 1.54) is 5.56 Å². The summed E-state index contributed by atoms with van der Waals surface area (Å²) in [6.07, 6.45) is 4.47. The van der Waals surface area contributed by atoms with Gasteiger partial charge in [0.1, 0.15) is 11.5 Å². The topological polar surface area (TPSA) is 17.8 Å². The molecule has 1 aromatic heterocycles. The van der Waals surface area contributed by atoms with E-state index in [-0.39, 0.29) is 0 Å². The third-order valence-electron chi connectivity index (χ3n) is 2.09. The summed E-state index contributed by atoms with van der Waals surface area (Å²) >= 11 is 5.73. The maximum Gasteiger partial charge on any atom is 0.147 e. The van der Waals surface area contributed by atoms with E-state index < -0.39 is 0 Å². The Bertz CT molecular complexity index is 417. The molecule has 0 spiro atoms. The molecule has 0 aliphatic rings. The Hall–Kier alpha value is -1.28. The summed E-state index contributed by atoms with van der Waals surface area (Å²) in [4.78, 5) is 3.95. The lowest BCUT2D eigenvalue weighted by Crippen LogP contribution is -1.90. The minimum atomic E-state index is 0.504. The molecule has 0 unspecified atom stereocenters. The van der Waals surface area contributed by atoms with E-state index in [1.54, 1.807) is 12.5 Å². The predicted octanol–water partition coefficient (Wildman–Crippen LogP) is 2.89. The highest BCUT2D eigenvalue weighted by Crippen LogP contribution is 2.12. The Morgan fingerprint density at radius 3 is 2.86 bits per heavy atom. The number of halogens is 1. The van der Waals surface area contributed by atoms with Crippen molar-refractivity contribution in [3.8, 4) is 5.69 Å². The summed E-state index contributed by atoms with van der Waals surface area (Å²) < 4.78 is 1.87. The van der Waals surface area contributed by atoms with Crippen LogP contribution in [-0.2, 0) is 6.42 Å². The molecular formula is C11H10ClN2. The molecule has 3 heteroatoms. The van der Waals surface area contributed by atoms with Gasteiger partial charge >= 0.3 is 0 Å². The number of aryl methyl sites for hydroxylation is 1. The summed E-state index contributed by atoms with van der Waals surface area (Å²) in [5.41, 5.74) is 2.24. The lowest BCUT2D eigenvalue weighted by molar-refractivity contribution is 1.05. The van der Waals surface area contributed by atoms with Gasteiger partial charge in [-0.15, -0.1) is 0 Å². The second kappa shape index (κ2) is 3.84. The minimum Gasteiger partial charge on any atom is -0.305 e. The largest absolute Gasteiger partial charge is 0.305 e. The second-order valence-electron chi connectivity index (χ2n) is 3.03. The van der Waals surface area contributed by atoms with E-state index in [2.05, 4.69) is 24.0 Å². The normalized spacial score (nSPS) is 10.4. The lowest BCUT2D eigenvalue weighted by atomic mass is 10.1. The summed E-state index contributed by atoms with van der Waals surface area (Å²) in [5, 5.41) is 0.504. The molecule has 0 N–H and O–H groups in total.